The average Bonchev–Trinajstić information content (AvgIpc) is 2.76. The second kappa shape index (κ2) is 2.96. The predicted molar refractivity (Wildman–Crippen MR) is 51.6 cm³/mol. The molecule has 0 spiro atoms. The van der Waals surface area contributed by atoms with Crippen LogP contribution in [0.25, 0.3) is 0 Å². The van der Waals surface area contributed by atoms with Gasteiger partial charge >= 0.3 is 5.97 Å². The van der Waals surface area contributed by atoms with Gasteiger partial charge in [0.15, 0.2) is 0 Å². The van der Waals surface area contributed by atoms with Crippen molar-refractivity contribution in [2.75, 3.05) is 0 Å². The maximum atomic E-state index is 11.7. The first-order valence-electron chi connectivity index (χ1n) is 5.35. The van der Waals surface area contributed by atoms with E-state index in [9.17, 15) is 4.79 Å². The molecule has 1 aliphatic heterocycles. The molecule has 0 aromatic heterocycles. The minimum absolute atomic E-state index is 0.151. The molecule has 2 fully saturated rings. The molecule has 1 saturated carbocycles. The summed E-state index contributed by atoms with van der Waals surface area (Å²) >= 11 is 0. The number of fused-ring (bicyclic) bond motifs is 1. The van der Waals surface area contributed by atoms with Crippen molar-refractivity contribution in [3.8, 4) is 0 Å². The Morgan fingerprint density at radius 1 is 1.43 bits per heavy atom. The van der Waals surface area contributed by atoms with Crippen LogP contribution in [0.1, 0.15) is 46.5 Å². The summed E-state index contributed by atoms with van der Waals surface area (Å²) in [6.45, 7) is 5.60. The van der Waals surface area contributed by atoms with Gasteiger partial charge < -0.3 is 9.47 Å². The standard InChI is InChI=1S/C11H18O3/c1-10(2,3)9(12)14-11-7-5-4-6-8(11)13-11/h8H,4-7H2,1-3H3/t8-,11-/m1/s1. The van der Waals surface area contributed by atoms with Gasteiger partial charge in [0.1, 0.15) is 6.10 Å². The molecule has 3 nitrogen and oxygen atoms in total. The molecule has 1 heterocycles. The van der Waals surface area contributed by atoms with Crippen molar-refractivity contribution in [1.82, 2.24) is 0 Å². The Balaban J connectivity index is 1.95. The highest BCUT2D eigenvalue weighted by molar-refractivity contribution is 5.76. The number of hydrogen-bond acceptors (Lipinski definition) is 3. The Morgan fingerprint density at radius 3 is 2.71 bits per heavy atom. The first-order chi connectivity index (χ1) is 6.44. The van der Waals surface area contributed by atoms with E-state index in [-0.39, 0.29) is 12.1 Å². The van der Waals surface area contributed by atoms with Crippen LogP contribution in [0.3, 0.4) is 0 Å². The summed E-state index contributed by atoms with van der Waals surface area (Å²) in [5.41, 5.74) is -0.428. The molecule has 80 valence electrons. The Hall–Kier alpha value is -0.570. The van der Waals surface area contributed by atoms with E-state index in [0.29, 0.717) is 0 Å². The molecule has 0 radical (unpaired) electrons. The Labute approximate surface area is 84.8 Å². The van der Waals surface area contributed by atoms with Crippen molar-refractivity contribution in [2.45, 2.75) is 58.3 Å². The van der Waals surface area contributed by atoms with Crippen LogP contribution in [0.2, 0.25) is 0 Å². The van der Waals surface area contributed by atoms with E-state index in [1.54, 1.807) is 0 Å². The lowest BCUT2D eigenvalue weighted by Gasteiger charge is -2.23. The summed E-state index contributed by atoms with van der Waals surface area (Å²) in [6, 6.07) is 0. The van der Waals surface area contributed by atoms with Crippen LogP contribution in [-0.4, -0.2) is 17.9 Å². The van der Waals surface area contributed by atoms with Crippen molar-refractivity contribution >= 4 is 5.97 Å². The second-order valence-corrected chi connectivity index (χ2v) is 5.30. The van der Waals surface area contributed by atoms with Crippen LogP contribution in [-0.2, 0) is 14.3 Å². The Kier molecular flexibility index (Phi) is 2.11. The third-order valence-electron chi connectivity index (χ3n) is 2.89. The topological polar surface area (TPSA) is 38.8 Å². The number of hydrogen-bond donors (Lipinski definition) is 0. The van der Waals surface area contributed by atoms with Gasteiger partial charge in [0.05, 0.1) is 5.41 Å². The van der Waals surface area contributed by atoms with Crippen molar-refractivity contribution < 1.29 is 14.3 Å². The molecule has 1 saturated heterocycles. The molecular formula is C11H18O3. The van der Waals surface area contributed by atoms with Crippen LogP contribution in [0.5, 0.6) is 0 Å². The minimum atomic E-state index is -0.525. The van der Waals surface area contributed by atoms with Crippen molar-refractivity contribution in [3.05, 3.63) is 0 Å². The van der Waals surface area contributed by atoms with Crippen LogP contribution >= 0.6 is 0 Å². The smallest absolute Gasteiger partial charge is 0.313 e. The Morgan fingerprint density at radius 2 is 2.14 bits per heavy atom. The number of carbonyl (C=O) groups excluding carboxylic acids is 1. The van der Waals surface area contributed by atoms with Crippen molar-refractivity contribution in [3.63, 3.8) is 0 Å². The monoisotopic (exact) mass is 198 g/mol. The molecule has 14 heavy (non-hydrogen) atoms. The predicted octanol–water partition coefficient (Wildman–Crippen LogP) is 2.24. The second-order valence-electron chi connectivity index (χ2n) is 5.30. The first kappa shape index (κ1) is 9.97. The van der Waals surface area contributed by atoms with E-state index in [4.69, 9.17) is 9.47 Å². The largest absolute Gasteiger partial charge is 0.430 e. The highest BCUT2D eigenvalue weighted by atomic mass is 16.8. The van der Waals surface area contributed by atoms with E-state index in [0.717, 1.165) is 19.3 Å². The van der Waals surface area contributed by atoms with Gasteiger partial charge in [-0.05, 0) is 33.6 Å². The van der Waals surface area contributed by atoms with E-state index >= 15 is 0 Å². The number of carbonyl (C=O) groups is 1. The zero-order chi connectivity index (χ0) is 10.4. The van der Waals surface area contributed by atoms with E-state index in [1.807, 2.05) is 20.8 Å². The quantitative estimate of drug-likeness (QED) is 0.479. The maximum absolute atomic E-state index is 11.7. The maximum Gasteiger partial charge on any atom is 0.313 e. The highest BCUT2D eigenvalue weighted by Gasteiger charge is 2.61. The lowest BCUT2D eigenvalue weighted by molar-refractivity contribution is -0.169. The first-order valence-corrected chi connectivity index (χ1v) is 5.35. The van der Waals surface area contributed by atoms with Gasteiger partial charge in [-0.1, -0.05) is 6.42 Å². The molecule has 2 atom stereocenters. The molecule has 0 amide bonds. The normalized spacial score (nSPS) is 36.1. The molecular weight excluding hydrogens is 180 g/mol. The SMILES string of the molecule is CC(C)(C)C(=O)O[C@]12CCCC[C@H]1O2. The molecule has 2 aliphatic rings. The van der Waals surface area contributed by atoms with Crippen LogP contribution in [0.15, 0.2) is 0 Å². The fraction of sp³-hybridized carbons (Fsp3) is 0.909. The van der Waals surface area contributed by atoms with E-state index in [2.05, 4.69) is 0 Å². The summed E-state index contributed by atoms with van der Waals surface area (Å²) in [7, 11) is 0. The third-order valence-corrected chi connectivity index (χ3v) is 2.89. The van der Waals surface area contributed by atoms with Crippen LogP contribution in [0, 0.1) is 5.41 Å². The van der Waals surface area contributed by atoms with E-state index < -0.39 is 11.2 Å². The summed E-state index contributed by atoms with van der Waals surface area (Å²) in [6.07, 6.45) is 4.40. The highest BCUT2D eigenvalue weighted by Crippen LogP contribution is 2.49. The molecule has 2 rings (SSSR count). The van der Waals surface area contributed by atoms with Crippen molar-refractivity contribution in [2.24, 2.45) is 5.41 Å². The molecule has 0 bridgehead atoms. The van der Waals surface area contributed by atoms with Gasteiger partial charge in [0, 0.05) is 6.42 Å². The summed E-state index contributed by atoms with van der Waals surface area (Å²) < 4.78 is 10.9. The molecule has 0 N–H and O–H groups in total. The van der Waals surface area contributed by atoms with Crippen LogP contribution in [0.4, 0.5) is 0 Å². The molecule has 3 heteroatoms. The molecule has 0 aromatic rings. The van der Waals surface area contributed by atoms with Crippen LogP contribution < -0.4 is 0 Å². The lowest BCUT2D eigenvalue weighted by Crippen LogP contribution is -2.33. The Bertz CT molecular complexity index is 254. The van der Waals surface area contributed by atoms with E-state index in [1.165, 1.54) is 6.42 Å². The van der Waals surface area contributed by atoms with Gasteiger partial charge in [-0.25, -0.2) is 0 Å². The van der Waals surface area contributed by atoms with Gasteiger partial charge in [-0.3, -0.25) is 4.79 Å². The zero-order valence-corrected chi connectivity index (χ0v) is 9.13. The fourth-order valence-electron chi connectivity index (χ4n) is 1.86. The number of epoxide rings is 1. The van der Waals surface area contributed by atoms with Gasteiger partial charge in [-0.2, -0.15) is 0 Å². The van der Waals surface area contributed by atoms with Gasteiger partial charge in [0.25, 0.3) is 0 Å². The molecule has 0 unspecified atom stereocenters. The average molecular weight is 198 g/mol. The fourth-order valence-corrected chi connectivity index (χ4v) is 1.86. The lowest BCUT2D eigenvalue weighted by atomic mass is 9.95. The molecule has 0 aromatic carbocycles. The minimum Gasteiger partial charge on any atom is -0.430 e. The van der Waals surface area contributed by atoms with Gasteiger partial charge in [0.2, 0.25) is 5.79 Å². The van der Waals surface area contributed by atoms with Crippen molar-refractivity contribution in [1.29, 1.82) is 0 Å². The summed E-state index contributed by atoms with van der Waals surface area (Å²) in [4.78, 5) is 11.7. The number of ether oxygens (including phenoxy) is 2. The summed E-state index contributed by atoms with van der Waals surface area (Å²) in [5.74, 6) is -0.676. The zero-order valence-electron chi connectivity index (χ0n) is 9.13. The number of esters is 1. The summed E-state index contributed by atoms with van der Waals surface area (Å²) in [5, 5.41) is 0. The third kappa shape index (κ3) is 1.65. The van der Waals surface area contributed by atoms with Gasteiger partial charge in [-0.15, -0.1) is 0 Å². The molecule has 1 aliphatic carbocycles. The number of rotatable bonds is 1.